The molecule has 0 amide bonds. The molecular weight excluding hydrogens is 594 g/mol. The largest absolute Gasteiger partial charge is 0.461 e. The summed E-state index contributed by atoms with van der Waals surface area (Å²) in [5.41, 5.74) is -0.288. The normalized spacial score (nSPS) is 12.1. The van der Waals surface area contributed by atoms with Crippen molar-refractivity contribution < 1.29 is 39.9 Å². The molecular formula is C25H19F8N9O. The van der Waals surface area contributed by atoms with E-state index in [4.69, 9.17) is 0 Å². The number of azo groups is 1. The third-order valence-corrected chi connectivity index (χ3v) is 5.23. The Morgan fingerprint density at radius 2 is 1.70 bits per heavy atom. The van der Waals surface area contributed by atoms with Crippen LogP contribution in [-0.4, -0.2) is 37.5 Å². The molecule has 0 saturated carbocycles. The van der Waals surface area contributed by atoms with E-state index in [2.05, 4.69) is 50.5 Å². The number of benzene rings is 2. The van der Waals surface area contributed by atoms with E-state index in [-0.39, 0.29) is 42.2 Å². The van der Waals surface area contributed by atoms with Gasteiger partial charge in [-0.05, 0) is 42.8 Å². The second kappa shape index (κ2) is 12.9. The number of hydrogen-bond acceptors (Lipinski definition) is 10. The van der Waals surface area contributed by atoms with E-state index in [1.165, 1.54) is 24.5 Å². The molecule has 0 unspecified atom stereocenters. The maximum absolute atomic E-state index is 13.7. The van der Waals surface area contributed by atoms with Gasteiger partial charge < -0.3 is 15.4 Å². The minimum absolute atomic E-state index is 0.0815. The molecule has 2 N–H and O–H groups in total. The van der Waals surface area contributed by atoms with Crippen LogP contribution in [0.3, 0.4) is 0 Å². The van der Waals surface area contributed by atoms with Crippen molar-refractivity contribution in [2.24, 2.45) is 10.2 Å². The molecule has 4 aromatic rings. The second-order valence-electron chi connectivity index (χ2n) is 8.61. The zero-order chi connectivity index (χ0) is 31.2. The van der Waals surface area contributed by atoms with E-state index in [1.54, 1.807) is 6.92 Å². The minimum atomic E-state index is -4.96. The van der Waals surface area contributed by atoms with Gasteiger partial charge in [0.15, 0.2) is 0 Å². The van der Waals surface area contributed by atoms with Crippen LogP contribution in [-0.2, 0) is 19.3 Å². The van der Waals surface area contributed by atoms with Crippen LogP contribution in [0.15, 0.2) is 65.1 Å². The number of hydrogen-bond donors (Lipinski definition) is 2. The number of nitrogens with one attached hydrogen (secondary N) is 2. The number of ether oxygens (including phenoxy) is 1. The quantitative estimate of drug-likeness (QED) is 0.137. The van der Waals surface area contributed by atoms with Gasteiger partial charge in [0.1, 0.15) is 11.6 Å². The molecule has 0 aliphatic carbocycles. The minimum Gasteiger partial charge on any atom is -0.428 e. The lowest BCUT2D eigenvalue weighted by molar-refractivity contribution is -0.253. The standard InChI is InChI=1S/C25H19F8N9O/c1-13-9-35-16(11-34-13)12-36-21-39-22(38-15-5-6-19(26)18(8-15)24(29,30)31)41-23(40-21)42-37-10-14-3-2-4-17(7-14)43-25(32,33)20(27)28/h2-9,11,20H,10,12H2,1H3,(H2,36,38,39,40,41). The summed E-state index contributed by atoms with van der Waals surface area (Å²) in [4.78, 5) is 20.4. The lowest BCUT2D eigenvalue weighted by atomic mass is 10.2. The van der Waals surface area contributed by atoms with Gasteiger partial charge in [-0.15, -0.1) is 5.11 Å². The van der Waals surface area contributed by atoms with Crippen LogP contribution in [0.25, 0.3) is 0 Å². The molecule has 4 rings (SSSR count). The fourth-order valence-electron chi connectivity index (χ4n) is 3.26. The van der Waals surface area contributed by atoms with Crippen LogP contribution in [0, 0.1) is 12.7 Å². The van der Waals surface area contributed by atoms with Gasteiger partial charge in [0, 0.05) is 11.9 Å². The maximum Gasteiger partial charge on any atom is 0.461 e. The summed E-state index contributed by atoms with van der Waals surface area (Å²) in [5, 5.41) is 13.1. The Morgan fingerprint density at radius 3 is 2.40 bits per heavy atom. The van der Waals surface area contributed by atoms with Gasteiger partial charge in [0.25, 0.3) is 5.95 Å². The molecule has 10 nitrogen and oxygen atoms in total. The van der Waals surface area contributed by atoms with Gasteiger partial charge in [-0.1, -0.05) is 12.1 Å². The number of nitrogens with zero attached hydrogens (tertiary/aromatic N) is 7. The van der Waals surface area contributed by atoms with Crippen LogP contribution in [0.5, 0.6) is 5.75 Å². The van der Waals surface area contributed by atoms with Crippen molar-refractivity contribution in [2.75, 3.05) is 10.6 Å². The average Bonchev–Trinajstić information content (AvgIpc) is 2.93. The monoisotopic (exact) mass is 613 g/mol. The lowest BCUT2D eigenvalue weighted by Crippen LogP contribution is -2.33. The molecule has 2 aromatic heterocycles. The number of aryl methyl sites for hydroxylation is 1. The molecule has 0 bridgehead atoms. The van der Waals surface area contributed by atoms with E-state index in [0.29, 0.717) is 23.5 Å². The number of alkyl halides is 7. The fourth-order valence-corrected chi connectivity index (χ4v) is 3.26. The molecule has 0 spiro atoms. The molecule has 0 saturated heterocycles. The van der Waals surface area contributed by atoms with E-state index in [0.717, 1.165) is 18.2 Å². The summed E-state index contributed by atoms with van der Waals surface area (Å²) < 4.78 is 109. The summed E-state index contributed by atoms with van der Waals surface area (Å²) in [6.07, 6.45) is -10.7. The van der Waals surface area contributed by atoms with E-state index >= 15 is 0 Å². The Bertz CT molecular complexity index is 1580. The highest BCUT2D eigenvalue weighted by Crippen LogP contribution is 2.33. The first-order valence-corrected chi connectivity index (χ1v) is 12.0. The van der Waals surface area contributed by atoms with Crippen molar-refractivity contribution in [1.29, 1.82) is 0 Å². The highest BCUT2D eigenvalue weighted by atomic mass is 19.4. The van der Waals surface area contributed by atoms with Gasteiger partial charge in [0.2, 0.25) is 11.9 Å². The third-order valence-electron chi connectivity index (χ3n) is 5.23. The summed E-state index contributed by atoms with van der Waals surface area (Å²) >= 11 is 0. The Hall–Kier alpha value is -5.03. The zero-order valence-corrected chi connectivity index (χ0v) is 21.8. The first-order valence-electron chi connectivity index (χ1n) is 12.0. The van der Waals surface area contributed by atoms with E-state index in [9.17, 15) is 35.1 Å². The maximum atomic E-state index is 13.7. The summed E-state index contributed by atoms with van der Waals surface area (Å²) in [6, 6.07) is 7.01. The number of halogens is 8. The molecule has 0 fully saturated rings. The highest BCUT2D eigenvalue weighted by molar-refractivity contribution is 5.56. The van der Waals surface area contributed by atoms with Crippen molar-refractivity contribution in [1.82, 2.24) is 24.9 Å². The van der Waals surface area contributed by atoms with E-state index in [1.807, 2.05) is 0 Å². The van der Waals surface area contributed by atoms with Crippen molar-refractivity contribution in [3.05, 3.63) is 83.2 Å². The number of aromatic nitrogens is 5. The molecule has 0 aliphatic heterocycles. The predicted octanol–water partition coefficient (Wildman–Crippen LogP) is 7.00. The van der Waals surface area contributed by atoms with Crippen LogP contribution in [0.2, 0.25) is 0 Å². The van der Waals surface area contributed by atoms with Crippen LogP contribution < -0.4 is 15.4 Å². The number of rotatable bonds is 11. The molecule has 18 heteroatoms. The summed E-state index contributed by atoms with van der Waals surface area (Å²) in [7, 11) is 0. The van der Waals surface area contributed by atoms with Gasteiger partial charge >= 0.3 is 18.7 Å². The number of anilines is 3. The predicted molar refractivity (Wildman–Crippen MR) is 135 cm³/mol. The van der Waals surface area contributed by atoms with Crippen molar-refractivity contribution in [3.63, 3.8) is 0 Å². The van der Waals surface area contributed by atoms with Crippen LogP contribution >= 0.6 is 0 Å². The molecule has 0 aliphatic rings. The first-order chi connectivity index (χ1) is 20.3. The third kappa shape index (κ3) is 8.73. The Morgan fingerprint density at radius 1 is 0.930 bits per heavy atom. The molecule has 226 valence electrons. The Labute approximate surface area is 237 Å². The van der Waals surface area contributed by atoms with Crippen LogP contribution in [0.1, 0.15) is 22.5 Å². The molecule has 43 heavy (non-hydrogen) atoms. The van der Waals surface area contributed by atoms with Crippen molar-refractivity contribution in [3.8, 4) is 5.75 Å². The van der Waals surface area contributed by atoms with Gasteiger partial charge in [-0.2, -0.15) is 50.8 Å². The van der Waals surface area contributed by atoms with E-state index < -0.39 is 35.8 Å². The highest BCUT2D eigenvalue weighted by Gasteiger charge is 2.44. The summed E-state index contributed by atoms with van der Waals surface area (Å²) in [6.45, 7) is 1.58. The van der Waals surface area contributed by atoms with Gasteiger partial charge in [0.05, 0.1) is 36.2 Å². The van der Waals surface area contributed by atoms with Crippen LogP contribution in [0.4, 0.5) is 58.7 Å². The molecule has 2 heterocycles. The Balaban J connectivity index is 1.56. The van der Waals surface area contributed by atoms with Crippen molar-refractivity contribution in [2.45, 2.75) is 38.7 Å². The lowest BCUT2D eigenvalue weighted by Gasteiger charge is -2.16. The SMILES string of the molecule is Cc1cnc(CNc2nc(N=NCc3cccc(OC(F)(F)C(F)F)c3)nc(Nc3ccc(F)c(C(F)(F)F)c3)n2)cn1. The molecule has 0 atom stereocenters. The average molecular weight is 613 g/mol. The van der Waals surface area contributed by atoms with Gasteiger partial charge in [-0.3, -0.25) is 9.97 Å². The fraction of sp³-hybridized carbons (Fsp3) is 0.240. The summed E-state index contributed by atoms with van der Waals surface area (Å²) in [5.74, 6) is -2.72. The topological polar surface area (TPSA) is 122 Å². The van der Waals surface area contributed by atoms with Crippen molar-refractivity contribution >= 4 is 23.5 Å². The first kappa shape index (κ1) is 30.9. The molecule has 2 aromatic carbocycles. The smallest absolute Gasteiger partial charge is 0.428 e. The zero-order valence-electron chi connectivity index (χ0n) is 21.8. The molecule has 0 radical (unpaired) electrons. The van der Waals surface area contributed by atoms with Gasteiger partial charge in [-0.25, -0.2) is 4.39 Å². The second-order valence-corrected chi connectivity index (χ2v) is 8.61. The Kier molecular flexibility index (Phi) is 9.25.